The maximum atomic E-state index is 5.69. The van der Waals surface area contributed by atoms with Crippen molar-refractivity contribution in [1.82, 2.24) is 4.90 Å². The van der Waals surface area contributed by atoms with E-state index in [9.17, 15) is 0 Å². The molecule has 0 amide bonds. The molecule has 3 heteroatoms. The first-order chi connectivity index (χ1) is 8.85. The van der Waals surface area contributed by atoms with Crippen LogP contribution in [0.1, 0.15) is 19.8 Å². The number of para-hydroxylation sites is 1. The second-order valence-corrected chi connectivity index (χ2v) is 5.00. The maximum absolute atomic E-state index is 5.69. The fourth-order valence-electron chi connectivity index (χ4n) is 2.82. The third-order valence-corrected chi connectivity index (χ3v) is 3.92. The summed E-state index contributed by atoms with van der Waals surface area (Å²) in [4.78, 5) is 5.08. The van der Waals surface area contributed by atoms with Gasteiger partial charge in [-0.1, -0.05) is 25.1 Å². The fourth-order valence-corrected chi connectivity index (χ4v) is 2.82. The van der Waals surface area contributed by atoms with Gasteiger partial charge >= 0.3 is 0 Å². The molecule has 2 N–H and O–H groups in total. The van der Waals surface area contributed by atoms with Crippen LogP contribution >= 0.6 is 0 Å². The van der Waals surface area contributed by atoms with E-state index in [2.05, 4.69) is 47.1 Å². The number of nitrogens with two attached hydrogens (primary N) is 1. The number of rotatable bonds is 5. The minimum absolute atomic E-state index is 0.674. The van der Waals surface area contributed by atoms with Gasteiger partial charge in [-0.05, 0) is 31.5 Å². The number of piperazine rings is 1. The quantitative estimate of drug-likeness (QED) is 0.863. The van der Waals surface area contributed by atoms with Crippen LogP contribution in [0.25, 0.3) is 0 Å². The van der Waals surface area contributed by atoms with Gasteiger partial charge in [0.1, 0.15) is 0 Å². The van der Waals surface area contributed by atoms with Crippen LogP contribution in [-0.2, 0) is 0 Å². The average Bonchev–Trinajstić information content (AvgIpc) is 2.46. The molecule has 1 atom stereocenters. The van der Waals surface area contributed by atoms with Crippen LogP contribution in [0.5, 0.6) is 0 Å². The fraction of sp³-hybridized carbons (Fsp3) is 0.600. The summed E-state index contributed by atoms with van der Waals surface area (Å²) in [7, 11) is 0. The third-order valence-electron chi connectivity index (χ3n) is 3.92. The summed E-state index contributed by atoms with van der Waals surface area (Å²) in [5.74, 6) is 0. The highest BCUT2D eigenvalue weighted by atomic mass is 15.3. The summed E-state index contributed by atoms with van der Waals surface area (Å²) in [5, 5.41) is 0. The Morgan fingerprint density at radius 2 is 1.78 bits per heavy atom. The van der Waals surface area contributed by atoms with Gasteiger partial charge in [-0.25, -0.2) is 0 Å². The van der Waals surface area contributed by atoms with Crippen LogP contribution in [0, 0.1) is 0 Å². The van der Waals surface area contributed by atoms with Crippen molar-refractivity contribution in [3.8, 4) is 0 Å². The summed E-state index contributed by atoms with van der Waals surface area (Å²) in [5.41, 5.74) is 7.04. The molecule has 0 aliphatic carbocycles. The van der Waals surface area contributed by atoms with Gasteiger partial charge < -0.3 is 10.6 Å². The Kier molecular flexibility index (Phi) is 5.02. The van der Waals surface area contributed by atoms with Crippen molar-refractivity contribution in [3.63, 3.8) is 0 Å². The van der Waals surface area contributed by atoms with Crippen LogP contribution in [0.3, 0.4) is 0 Å². The first kappa shape index (κ1) is 13.4. The van der Waals surface area contributed by atoms with E-state index in [1.165, 1.54) is 12.1 Å². The zero-order valence-electron chi connectivity index (χ0n) is 11.4. The Morgan fingerprint density at radius 3 is 2.33 bits per heavy atom. The first-order valence-corrected chi connectivity index (χ1v) is 7.09. The van der Waals surface area contributed by atoms with Crippen molar-refractivity contribution >= 4 is 5.69 Å². The average molecular weight is 247 g/mol. The lowest BCUT2D eigenvalue weighted by Crippen LogP contribution is -2.50. The Bertz CT molecular complexity index is 331. The van der Waals surface area contributed by atoms with Crippen molar-refractivity contribution in [2.75, 3.05) is 37.6 Å². The van der Waals surface area contributed by atoms with Gasteiger partial charge in [0.2, 0.25) is 0 Å². The zero-order chi connectivity index (χ0) is 12.8. The number of benzene rings is 1. The summed E-state index contributed by atoms with van der Waals surface area (Å²) in [6.07, 6.45) is 2.34. The van der Waals surface area contributed by atoms with E-state index < -0.39 is 0 Å². The van der Waals surface area contributed by atoms with E-state index in [0.717, 1.165) is 39.1 Å². The maximum Gasteiger partial charge on any atom is 0.0367 e. The predicted molar refractivity (Wildman–Crippen MR) is 78.0 cm³/mol. The summed E-state index contributed by atoms with van der Waals surface area (Å²) < 4.78 is 0. The van der Waals surface area contributed by atoms with E-state index in [4.69, 9.17) is 5.73 Å². The molecule has 3 nitrogen and oxygen atoms in total. The van der Waals surface area contributed by atoms with E-state index in [-0.39, 0.29) is 0 Å². The van der Waals surface area contributed by atoms with Gasteiger partial charge in [0, 0.05) is 37.9 Å². The molecule has 1 aromatic carbocycles. The first-order valence-electron chi connectivity index (χ1n) is 7.09. The molecule has 1 aromatic rings. The molecule has 1 unspecified atom stereocenters. The van der Waals surface area contributed by atoms with Crippen molar-refractivity contribution in [1.29, 1.82) is 0 Å². The van der Waals surface area contributed by atoms with E-state index in [1.807, 2.05) is 0 Å². The molecular weight excluding hydrogens is 222 g/mol. The predicted octanol–water partition coefficient (Wildman–Crippen LogP) is 1.94. The largest absolute Gasteiger partial charge is 0.369 e. The second-order valence-electron chi connectivity index (χ2n) is 5.00. The van der Waals surface area contributed by atoms with Crippen LogP contribution < -0.4 is 10.6 Å². The van der Waals surface area contributed by atoms with E-state index in [0.29, 0.717) is 6.04 Å². The van der Waals surface area contributed by atoms with Gasteiger partial charge in [-0.3, -0.25) is 4.90 Å². The second kappa shape index (κ2) is 6.76. The van der Waals surface area contributed by atoms with Gasteiger partial charge in [-0.2, -0.15) is 0 Å². The molecule has 0 radical (unpaired) electrons. The molecule has 1 aliphatic heterocycles. The monoisotopic (exact) mass is 247 g/mol. The van der Waals surface area contributed by atoms with Crippen LogP contribution in [0.2, 0.25) is 0 Å². The van der Waals surface area contributed by atoms with Gasteiger partial charge in [-0.15, -0.1) is 0 Å². The SMILES string of the molecule is CCC(CCN)N1CCN(c2ccccc2)CC1. The molecule has 0 bridgehead atoms. The topological polar surface area (TPSA) is 32.5 Å². The summed E-state index contributed by atoms with van der Waals surface area (Å²) in [6.45, 7) is 7.65. The lowest BCUT2D eigenvalue weighted by Gasteiger charge is -2.40. The molecule has 2 rings (SSSR count). The lowest BCUT2D eigenvalue weighted by atomic mass is 10.1. The van der Waals surface area contributed by atoms with Gasteiger partial charge in [0.25, 0.3) is 0 Å². The molecule has 1 aliphatic rings. The summed E-state index contributed by atoms with van der Waals surface area (Å²) in [6, 6.07) is 11.4. The van der Waals surface area contributed by atoms with E-state index >= 15 is 0 Å². The lowest BCUT2D eigenvalue weighted by molar-refractivity contribution is 0.173. The Labute approximate surface area is 111 Å². The smallest absolute Gasteiger partial charge is 0.0367 e. The van der Waals surface area contributed by atoms with Crippen LogP contribution in [0.4, 0.5) is 5.69 Å². The highest BCUT2D eigenvalue weighted by Crippen LogP contribution is 2.18. The Morgan fingerprint density at radius 1 is 1.11 bits per heavy atom. The van der Waals surface area contributed by atoms with Gasteiger partial charge in [0.15, 0.2) is 0 Å². The number of hydrogen-bond acceptors (Lipinski definition) is 3. The number of anilines is 1. The highest BCUT2D eigenvalue weighted by Gasteiger charge is 2.22. The zero-order valence-corrected chi connectivity index (χ0v) is 11.4. The third kappa shape index (κ3) is 3.24. The molecule has 18 heavy (non-hydrogen) atoms. The van der Waals surface area contributed by atoms with Crippen molar-refractivity contribution < 1.29 is 0 Å². The van der Waals surface area contributed by atoms with Crippen LogP contribution in [0.15, 0.2) is 30.3 Å². The normalized spacial score (nSPS) is 18.9. The van der Waals surface area contributed by atoms with Crippen molar-refractivity contribution in [3.05, 3.63) is 30.3 Å². The molecule has 1 fully saturated rings. The Balaban J connectivity index is 1.88. The molecule has 1 heterocycles. The Hall–Kier alpha value is -1.06. The standard InChI is InChI=1S/C15H25N3/c1-2-14(8-9-16)17-10-12-18(13-11-17)15-6-4-3-5-7-15/h3-7,14H,2,8-13,16H2,1H3. The minimum atomic E-state index is 0.674. The molecule has 1 saturated heterocycles. The van der Waals surface area contributed by atoms with Crippen molar-refractivity contribution in [2.24, 2.45) is 5.73 Å². The summed E-state index contributed by atoms with van der Waals surface area (Å²) >= 11 is 0. The molecule has 0 saturated carbocycles. The number of hydrogen-bond donors (Lipinski definition) is 1. The molecule has 100 valence electrons. The van der Waals surface area contributed by atoms with Crippen LogP contribution in [-0.4, -0.2) is 43.7 Å². The number of nitrogens with zero attached hydrogens (tertiary/aromatic N) is 2. The van der Waals surface area contributed by atoms with E-state index in [1.54, 1.807) is 0 Å². The molecule has 0 spiro atoms. The van der Waals surface area contributed by atoms with Gasteiger partial charge in [0.05, 0.1) is 0 Å². The molecular formula is C15H25N3. The molecule has 0 aromatic heterocycles. The highest BCUT2D eigenvalue weighted by molar-refractivity contribution is 5.46. The van der Waals surface area contributed by atoms with Crippen molar-refractivity contribution in [2.45, 2.75) is 25.8 Å². The minimum Gasteiger partial charge on any atom is -0.369 e.